The van der Waals surface area contributed by atoms with Crippen molar-refractivity contribution in [2.75, 3.05) is 0 Å². The van der Waals surface area contributed by atoms with E-state index in [9.17, 15) is 19.8 Å². The summed E-state index contributed by atoms with van der Waals surface area (Å²) in [7, 11) is -2.69. The highest BCUT2D eigenvalue weighted by Gasteiger charge is 2.49. The molecule has 308 valence electrons. The molecule has 4 rings (SSSR count). The maximum absolute atomic E-state index is 11.6. The van der Waals surface area contributed by atoms with Gasteiger partial charge in [-0.2, -0.15) is 0 Å². The second-order valence-electron chi connectivity index (χ2n) is 13.9. The van der Waals surface area contributed by atoms with Gasteiger partial charge in [-0.15, -0.1) is 49.6 Å². The molecule has 0 spiro atoms. The van der Waals surface area contributed by atoms with Crippen LogP contribution in [0.15, 0.2) is 48.5 Å². The summed E-state index contributed by atoms with van der Waals surface area (Å²) in [5, 5.41) is 62.7. The van der Waals surface area contributed by atoms with E-state index in [0.717, 1.165) is 36.8 Å². The number of nitrogens with two attached hydrogens (primary N) is 2. The lowest BCUT2D eigenvalue weighted by molar-refractivity contribution is -0.149. The smallest absolute Gasteiger partial charge is 0.451 e. The molecule has 2 saturated carbocycles. The molecule has 0 heterocycles. The second kappa shape index (κ2) is 26.8. The number of carbonyl (C=O) groups is 2. The van der Waals surface area contributed by atoms with E-state index in [1.54, 1.807) is 0 Å². The Morgan fingerprint density at radius 3 is 1.17 bits per heavy atom. The first kappa shape index (κ1) is 55.0. The van der Waals surface area contributed by atoms with Crippen molar-refractivity contribution in [3.05, 3.63) is 69.7 Å². The third-order valence-corrected chi connectivity index (χ3v) is 10.7. The molecule has 2 aromatic carbocycles. The van der Waals surface area contributed by atoms with Crippen LogP contribution in [0.25, 0.3) is 0 Å². The molecule has 20 heteroatoms. The van der Waals surface area contributed by atoms with Gasteiger partial charge in [0.15, 0.2) is 0 Å². The van der Waals surface area contributed by atoms with Crippen molar-refractivity contribution in [2.24, 2.45) is 23.3 Å². The van der Waals surface area contributed by atoms with Gasteiger partial charge in [0.05, 0.1) is 0 Å². The molecule has 0 amide bonds. The quantitative estimate of drug-likeness (QED) is 0.0629. The van der Waals surface area contributed by atoms with Crippen LogP contribution in [0.2, 0.25) is 22.7 Å². The van der Waals surface area contributed by atoms with E-state index in [4.69, 9.17) is 54.8 Å². The molecule has 2 atom stereocenters. The van der Waals surface area contributed by atoms with E-state index in [1.165, 1.54) is 0 Å². The summed E-state index contributed by atoms with van der Waals surface area (Å²) in [5.41, 5.74) is 12.2. The maximum Gasteiger partial charge on any atom is 0.451 e. The van der Waals surface area contributed by atoms with Crippen molar-refractivity contribution >= 4 is 99.0 Å². The Morgan fingerprint density at radius 1 is 0.611 bits per heavy atom. The minimum atomic E-state index is -1.35. The zero-order valence-corrected chi connectivity index (χ0v) is 34.8. The molecule has 2 aliphatic rings. The number of carboxylic acid groups (broad SMARTS) is 2. The first-order chi connectivity index (χ1) is 23.6. The van der Waals surface area contributed by atoms with Gasteiger partial charge in [0.1, 0.15) is 11.1 Å². The van der Waals surface area contributed by atoms with Gasteiger partial charge in [-0.25, -0.2) is 0 Å². The van der Waals surface area contributed by atoms with Crippen LogP contribution in [0, 0.1) is 11.8 Å². The number of hydrogen-bond acceptors (Lipinski definition) is 10. The van der Waals surface area contributed by atoms with Gasteiger partial charge in [-0.3, -0.25) is 9.59 Å². The van der Waals surface area contributed by atoms with E-state index in [-0.39, 0.29) is 86.2 Å². The molecule has 0 saturated heterocycles. The summed E-state index contributed by atoms with van der Waals surface area (Å²) < 4.78 is 0. The lowest BCUT2D eigenvalue weighted by atomic mass is 9.66. The average molecular weight is 883 g/mol. The number of unbranched alkanes of at least 4 members (excludes halogenated alkanes) is 2. The first-order valence-corrected chi connectivity index (χ1v) is 18.1. The number of nitrogens with one attached hydrogen (secondary N) is 2. The number of halogens is 6. The van der Waals surface area contributed by atoms with Crippen LogP contribution >= 0.6 is 72.8 Å². The van der Waals surface area contributed by atoms with Gasteiger partial charge in [0.2, 0.25) is 0 Å². The standard InChI is InChI=1S/2C17H26BClN2O4.4ClH/c2*19-14-5-3-12(4-6-14)11-21-15-9-13(10-15)17(20,16(22)23)7-1-2-8-18(24)25;;;;/h2*3-6,13,15,21,24-25H,1-2,7-11,20H2,(H,22,23);4*1H. The minimum absolute atomic E-state index is 0. The molecular formula is C34H56B2Cl6N4O8. The SMILES string of the molecule is Cl.Cl.Cl.Cl.NC(CCCCB(O)O)(C(=O)O)C1CC(NCc2ccc(Cl)cc2)C1.NC(CCCCB(O)O)(C(=O)O)C1CC(NCc2ccc(Cl)cc2)C1. The fourth-order valence-electron chi connectivity index (χ4n) is 6.60. The number of hydrogen-bond donors (Lipinski definition) is 10. The molecular weight excluding hydrogens is 827 g/mol. The third-order valence-electron chi connectivity index (χ3n) is 10.2. The van der Waals surface area contributed by atoms with Crippen molar-refractivity contribution in [2.45, 2.75) is 113 Å². The average Bonchev–Trinajstić information content (AvgIpc) is 3.01. The molecule has 0 aliphatic heterocycles. The maximum atomic E-state index is 11.6. The molecule has 12 nitrogen and oxygen atoms in total. The highest BCUT2D eigenvalue weighted by atomic mass is 35.5. The Hall–Kier alpha value is -1.07. The van der Waals surface area contributed by atoms with Crippen molar-refractivity contribution in [1.82, 2.24) is 10.6 Å². The normalized spacial score (nSPS) is 20.4. The van der Waals surface area contributed by atoms with Crippen LogP contribution < -0.4 is 22.1 Å². The van der Waals surface area contributed by atoms with E-state index in [1.807, 2.05) is 48.5 Å². The summed E-state index contributed by atoms with van der Waals surface area (Å²) >= 11 is 11.7. The Labute approximate surface area is 353 Å². The Morgan fingerprint density at radius 2 is 0.907 bits per heavy atom. The summed E-state index contributed by atoms with van der Waals surface area (Å²) in [4.78, 5) is 23.3. The monoisotopic (exact) mass is 880 g/mol. The molecule has 54 heavy (non-hydrogen) atoms. The number of aliphatic carboxylic acids is 2. The lowest BCUT2D eigenvalue weighted by Gasteiger charge is -2.45. The van der Waals surface area contributed by atoms with E-state index < -0.39 is 37.3 Å². The second-order valence-corrected chi connectivity index (χ2v) is 14.8. The van der Waals surface area contributed by atoms with Gasteiger partial charge >= 0.3 is 26.2 Å². The van der Waals surface area contributed by atoms with E-state index in [0.29, 0.717) is 61.7 Å². The van der Waals surface area contributed by atoms with Crippen LogP contribution in [0.5, 0.6) is 0 Å². The highest BCUT2D eigenvalue weighted by Crippen LogP contribution is 2.39. The van der Waals surface area contributed by atoms with Crippen molar-refractivity contribution in [3.63, 3.8) is 0 Å². The van der Waals surface area contributed by atoms with Crippen LogP contribution in [0.1, 0.15) is 75.3 Å². The molecule has 0 aromatic heterocycles. The van der Waals surface area contributed by atoms with Crippen LogP contribution in [0.4, 0.5) is 0 Å². The summed E-state index contributed by atoms with van der Waals surface area (Å²) in [6.45, 7) is 1.43. The highest BCUT2D eigenvalue weighted by molar-refractivity contribution is 6.41. The van der Waals surface area contributed by atoms with E-state index in [2.05, 4.69) is 10.6 Å². The topological polar surface area (TPSA) is 232 Å². The zero-order chi connectivity index (χ0) is 36.9. The molecule has 2 aliphatic carbocycles. The molecule has 2 unspecified atom stereocenters. The molecule has 2 fully saturated rings. The van der Waals surface area contributed by atoms with Crippen molar-refractivity contribution in [3.8, 4) is 0 Å². The van der Waals surface area contributed by atoms with Gasteiger partial charge in [0, 0.05) is 35.2 Å². The fraction of sp³-hybridized carbons (Fsp3) is 0.588. The predicted octanol–water partition coefficient (Wildman–Crippen LogP) is 4.95. The summed E-state index contributed by atoms with van der Waals surface area (Å²) in [5.74, 6) is -2.07. The van der Waals surface area contributed by atoms with Crippen LogP contribution in [-0.2, 0) is 22.7 Å². The van der Waals surface area contributed by atoms with Gasteiger partial charge in [-0.05, 0) is 98.4 Å². The van der Waals surface area contributed by atoms with Crippen molar-refractivity contribution in [1.29, 1.82) is 0 Å². The lowest BCUT2D eigenvalue weighted by Crippen LogP contribution is -2.61. The Kier molecular flexibility index (Phi) is 27.3. The van der Waals surface area contributed by atoms with Gasteiger partial charge in [0.25, 0.3) is 0 Å². The van der Waals surface area contributed by atoms with Crippen LogP contribution in [-0.4, -0.2) is 79.6 Å². The number of benzene rings is 2. The molecule has 0 bridgehead atoms. The Balaban J connectivity index is 0. The molecule has 0 radical (unpaired) electrons. The van der Waals surface area contributed by atoms with Gasteiger partial charge in [-0.1, -0.05) is 73.2 Å². The predicted molar refractivity (Wildman–Crippen MR) is 225 cm³/mol. The van der Waals surface area contributed by atoms with Crippen molar-refractivity contribution < 1.29 is 39.9 Å². The Bertz CT molecular complexity index is 1250. The fourth-order valence-corrected chi connectivity index (χ4v) is 6.85. The number of carboxylic acids is 2. The summed E-state index contributed by atoms with van der Waals surface area (Å²) in [6, 6.07) is 15.8. The van der Waals surface area contributed by atoms with E-state index >= 15 is 0 Å². The van der Waals surface area contributed by atoms with Gasteiger partial charge < -0.3 is 52.4 Å². The first-order valence-electron chi connectivity index (χ1n) is 17.3. The molecule has 12 N–H and O–H groups in total. The number of rotatable bonds is 20. The van der Waals surface area contributed by atoms with Crippen LogP contribution in [0.3, 0.4) is 0 Å². The minimum Gasteiger partial charge on any atom is -0.480 e. The summed E-state index contributed by atoms with van der Waals surface area (Å²) in [6.07, 6.45) is 6.36. The molecule has 2 aromatic rings. The third kappa shape index (κ3) is 17.6. The zero-order valence-electron chi connectivity index (χ0n) is 30.0. The largest absolute Gasteiger partial charge is 0.480 e.